The van der Waals surface area contributed by atoms with Crippen molar-refractivity contribution in [3.8, 4) is 11.5 Å². The zero-order valence-electron chi connectivity index (χ0n) is 17.5. The lowest BCUT2D eigenvalue weighted by Gasteiger charge is -2.23. The van der Waals surface area contributed by atoms with Gasteiger partial charge in [-0.25, -0.2) is 0 Å². The van der Waals surface area contributed by atoms with Crippen LogP contribution in [0.2, 0.25) is 0 Å². The fourth-order valence-electron chi connectivity index (χ4n) is 5.34. The molecule has 2 aromatic rings. The van der Waals surface area contributed by atoms with E-state index < -0.39 is 17.4 Å². The van der Waals surface area contributed by atoms with Crippen molar-refractivity contribution in [2.24, 2.45) is 11.8 Å². The lowest BCUT2D eigenvalue weighted by atomic mass is 9.77. The van der Waals surface area contributed by atoms with Crippen LogP contribution in [0.1, 0.15) is 12.0 Å². The van der Waals surface area contributed by atoms with Crippen LogP contribution in [-0.2, 0) is 20.7 Å². The molecule has 32 heavy (non-hydrogen) atoms. The Hall–Kier alpha value is -3.32. The van der Waals surface area contributed by atoms with Crippen LogP contribution in [0, 0.1) is 11.8 Å². The molecule has 2 bridgehead atoms. The molecule has 1 N–H and O–H groups in total. The molecule has 2 aromatic carbocycles. The Balaban J connectivity index is 1.15. The summed E-state index contributed by atoms with van der Waals surface area (Å²) in [6.45, 7) is 1.14. The van der Waals surface area contributed by atoms with E-state index in [0.717, 1.165) is 18.5 Å². The van der Waals surface area contributed by atoms with E-state index in [1.54, 1.807) is 4.90 Å². The van der Waals surface area contributed by atoms with Gasteiger partial charge in [0.25, 0.3) is 0 Å². The normalized spacial score (nSPS) is 28.9. The SMILES string of the molecule is O=C(NCCCc1ccccc1)[C@H]1[C@@H]2C=C[C@@]3(CN(c4ccc5c(c4)OCO5)C(=O)[C@@H]13)O2. The average Bonchev–Trinajstić information content (AvgIpc) is 3.57. The summed E-state index contributed by atoms with van der Waals surface area (Å²) in [4.78, 5) is 28.3. The maximum Gasteiger partial charge on any atom is 0.234 e. The smallest absolute Gasteiger partial charge is 0.234 e. The molecule has 2 amide bonds. The van der Waals surface area contributed by atoms with E-state index in [-0.39, 0.29) is 24.7 Å². The average molecular weight is 432 g/mol. The molecular formula is C25H24N2O5. The number of hydrogen-bond acceptors (Lipinski definition) is 5. The number of benzene rings is 2. The third-order valence-electron chi connectivity index (χ3n) is 6.86. The van der Waals surface area contributed by atoms with E-state index in [1.807, 2.05) is 48.6 Å². The number of anilines is 1. The third kappa shape index (κ3) is 2.99. The third-order valence-corrected chi connectivity index (χ3v) is 6.86. The highest BCUT2D eigenvalue weighted by Crippen LogP contribution is 2.53. The lowest BCUT2D eigenvalue weighted by Crippen LogP contribution is -2.44. The van der Waals surface area contributed by atoms with Gasteiger partial charge in [0.15, 0.2) is 11.5 Å². The number of carbonyl (C=O) groups excluding carboxylic acids is 2. The zero-order valence-corrected chi connectivity index (χ0v) is 17.5. The highest BCUT2D eigenvalue weighted by molar-refractivity contribution is 6.03. The number of nitrogens with one attached hydrogen (secondary N) is 1. The molecule has 1 spiro atoms. The molecule has 0 unspecified atom stereocenters. The molecular weight excluding hydrogens is 408 g/mol. The number of amides is 2. The van der Waals surface area contributed by atoms with Gasteiger partial charge >= 0.3 is 0 Å². The quantitative estimate of drug-likeness (QED) is 0.561. The Morgan fingerprint density at radius 1 is 1.12 bits per heavy atom. The molecule has 0 radical (unpaired) electrons. The van der Waals surface area contributed by atoms with E-state index in [9.17, 15) is 9.59 Å². The minimum Gasteiger partial charge on any atom is -0.454 e. The maximum atomic E-state index is 13.5. The van der Waals surface area contributed by atoms with Gasteiger partial charge in [0.1, 0.15) is 5.60 Å². The van der Waals surface area contributed by atoms with Gasteiger partial charge in [0.2, 0.25) is 18.6 Å². The van der Waals surface area contributed by atoms with Crippen molar-refractivity contribution in [1.29, 1.82) is 0 Å². The van der Waals surface area contributed by atoms with E-state index in [2.05, 4.69) is 17.4 Å². The largest absolute Gasteiger partial charge is 0.454 e. The Morgan fingerprint density at radius 2 is 1.97 bits per heavy atom. The van der Waals surface area contributed by atoms with Crippen LogP contribution in [0.15, 0.2) is 60.7 Å². The van der Waals surface area contributed by atoms with Crippen molar-refractivity contribution in [3.63, 3.8) is 0 Å². The molecule has 0 aliphatic carbocycles. The first-order chi connectivity index (χ1) is 15.6. The number of hydrogen-bond donors (Lipinski definition) is 1. The summed E-state index contributed by atoms with van der Waals surface area (Å²) in [5.41, 5.74) is 1.23. The number of carbonyl (C=O) groups is 2. The second-order valence-corrected chi connectivity index (χ2v) is 8.74. The van der Waals surface area contributed by atoms with Gasteiger partial charge in [-0.1, -0.05) is 42.5 Å². The van der Waals surface area contributed by atoms with Crippen molar-refractivity contribution in [1.82, 2.24) is 5.32 Å². The van der Waals surface area contributed by atoms with Crippen LogP contribution in [0.3, 0.4) is 0 Å². The molecule has 0 aromatic heterocycles. The van der Waals surface area contributed by atoms with Crippen molar-refractivity contribution in [3.05, 3.63) is 66.2 Å². The summed E-state index contributed by atoms with van der Waals surface area (Å²) >= 11 is 0. The summed E-state index contributed by atoms with van der Waals surface area (Å²) in [7, 11) is 0. The minimum atomic E-state index is -0.746. The maximum absolute atomic E-state index is 13.5. The van der Waals surface area contributed by atoms with Crippen LogP contribution >= 0.6 is 0 Å². The Kier molecular flexibility index (Phi) is 4.47. The molecule has 4 aliphatic rings. The van der Waals surface area contributed by atoms with Gasteiger partial charge in [-0.05, 0) is 30.5 Å². The Labute approximate surface area is 185 Å². The molecule has 164 valence electrons. The molecule has 0 saturated carbocycles. The number of fused-ring (bicyclic) bond motifs is 2. The first-order valence-corrected chi connectivity index (χ1v) is 11.0. The summed E-state index contributed by atoms with van der Waals surface area (Å²) < 4.78 is 17.1. The fourth-order valence-corrected chi connectivity index (χ4v) is 5.34. The molecule has 4 atom stereocenters. The Morgan fingerprint density at radius 3 is 2.84 bits per heavy atom. The highest BCUT2D eigenvalue weighted by Gasteiger charge is 2.67. The first-order valence-electron chi connectivity index (χ1n) is 11.0. The molecule has 7 heteroatoms. The molecule has 6 rings (SSSR count). The van der Waals surface area contributed by atoms with Crippen molar-refractivity contribution in [2.75, 3.05) is 24.8 Å². The minimum absolute atomic E-state index is 0.0832. The predicted octanol–water partition coefficient (Wildman–Crippen LogP) is 2.45. The molecule has 7 nitrogen and oxygen atoms in total. The van der Waals surface area contributed by atoms with Crippen LogP contribution in [0.5, 0.6) is 11.5 Å². The number of ether oxygens (including phenoxy) is 3. The highest BCUT2D eigenvalue weighted by atomic mass is 16.7. The lowest BCUT2D eigenvalue weighted by molar-refractivity contribution is -0.131. The van der Waals surface area contributed by atoms with Crippen LogP contribution in [-0.4, -0.2) is 43.4 Å². The van der Waals surface area contributed by atoms with Crippen LogP contribution in [0.25, 0.3) is 0 Å². The van der Waals surface area contributed by atoms with Gasteiger partial charge in [-0.2, -0.15) is 0 Å². The van der Waals surface area contributed by atoms with Gasteiger partial charge in [0, 0.05) is 18.3 Å². The number of rotatable bonds is 6. The second kappa shape index (κ2) is 7.38. The topological polar surface area (TPSA) is 77.1 Å². The molecule has 4 aliphatic heterocycles. The molecule has 4 heterocycles. The second-order valence-electron chi connectivity index (χ2n) is 8.74. The summed E-state index contributed by atoms with van der Waals surface area (Å²) in [6.07, 6.45) is 5.29. The van der Waals surface area contributed by atoms with Crippen LogP contribution < -0.4 is 19.7 Å². The number of aryl methyl sites for hydroxylation is 1. The van der Waals surface area contributed by atoms with Crippen molar-refractivity contribution in [2.45, 2.75) is 24.5 Å². The van der Waals surface area contributed by atoms with E-state index in [4.69, 9.17) is 14.2 Å². The van der Waals surface area contributed by atoms with Gasteiger partial charge < -0.3 is 24.4 Å². The van der Waals surface area contributed by atoms with Gasteiger partial charge in [0.05, 0.1) is 24.5 Å². The fraction of sp³-hybridized carbons (Fsp3) is 0.360. The van der Waals surface area contributed by atoms with E-state index >= 15 is 0 Å². The van der Waals surface area contributed by atoms with E-state index in [1.165, 1.54) is 5.56 Å². The summed E-state index contributed by atoms with van der Waals surface area (Å²) in [6, 6.07) is 15.7. The molecule has 2 fully saturated rings. The Bertz CT molecular complexity index is 1100. The summed E-state index contributed by atoms with van der Waals surface area (Å²) in [5, 5.41) is 3.04. The predicted molar refractivity (Wildman–Crippen MR) is 116 cm³/mol. The van der Waals surface area contributed by atoms with E-state index in [0.29, 0.717) is 24.6 Å². The van der Waals surface area contributed by atoms with Crippen molar-refractivity contribution < 1.29 is 23.8 Å². The summed E-state index contributed by atoms with van der Waals surface area (Å²) in [5.74, 6) is 0.0718. The van der Waals surface area contributed by atoms with Gasteiger partial charge in [-0.3, -0.25) is 9.59 Å². The standard InChI is InChI=1S/C25H24N2O5/c28-23(26-12-4-7-16-5-2-1-3-6-16)21-19-10-11-25(32-19)14-27(24(29)22(21)25)17-8-9-18-20(13-17)31-15-30-18/h1-3,5-6,8-11,13,19,21-22H,4,7,12,14-15H2,(H,26,28)/t19-,21-,22+,25-/m0/s1. The van der Waals surface area contributed by atoms with Crippen molar-refractivity contribution >= 4 is 17.5 Å². The zero-order chi connectivity index (χ0) is 21.7. The number of nitrogens with zero attached hydrogens (tertiary/aromatic N) is 1. The molecule has 2 saturated heterocycles. The first kappa shape index (κ1) is 19.4. The van der Waals surface area contributed by atoms with Gasteiger partial charge in [-0.15, -0.1) is 0 Å². The van der Waals surface area contributed by atoms with Crippen LogP contribution in [0.4, 0.5) is 5.69 Å². The monoisotopic (exact) mass is 432 g/mol.